The van der Waals surface area contributed by atoms with E-state index in [0.717, 1.165) is 11.1 Å². The molecular formula is C40H50N2O12. The number of hydrogen-bond donors (Lipinski definition) is 5. The third-order valence-electron chi connectivity index (χ3n) is 9.24. The lowest BCUT2D eigenvalue weighted by molar-refractivity contribution is -0.172. The first-order chi connectivity index (χ1) is 25.7. The van der Waals surface area contributed by atoms with Crippen LogP contribution in [0.2, 0.25) is 0 Å². The molecule has 6 unspecified atom stereocenters. The molecule has 0 saturated carbocycles. The van der Waals surface area contributed by atoms with Crippen molar-refractivity contribution in [1.82, 2.24) is 10.6 Å². The van der Waals surface area contributed by atoms with E-state index in [4.69, 9.17) is 28.8 Å². The molecule has 2 aromatic carbocycles. The number of nitrogens with one attached hydrogen (secondary N) is 2. The zero-order valence-corrected chi connectivity index (χ0v) is 31.0. The zero-order chi connectivity index (χ0) is 39.0. The van der Waals surface area contributed by atoms with Gasteiger partial charge in [0.15, 0.2) is 5.79 Å². The molecule has 5 rings (SSSR count). The molecule has 1 spiro atoms. The van der Waals surface area contributed by atoms with Gasteiger partial charge in [-0.25, -0.2) is 4.79 Å². The molecule has 6 atom stereocenters. The van der Waals surface area contributed by atoms with Crippen molar-refractivity contribution in [3.8, 4) is 0 Å². The number of benzene rings is 2. The molecule has 0 aromatic heterocycles. The number of carbonyl (C=O) groups excluding carboxylic acids is 4. The van der Waals surface area contributed by atoms with E-state index in [9.17, 15) is 29.4 Å². The van der Waals surface area contributed by atoms with Crippen LogP contribution < -0.4 is 10.6 Å². The highest BCUT2D eigenvalue weighted by Gasteiger charge is 2.55. The average molecular weight is 751 g/mol. The van der Waals surface area contributed by atoms with Crippen LogP contribution in [0.1, 0.15) is 74.0 Å². The zero-order valence-electron chi connectivity index (χ0n) is 31.0. The lowest BCUT2D eigenvalue weighted by Gasteiger charge is -2.31. The van der Waals surface area contributed by atoms with Crippen molar-refractivity contribution in [2.45, 2.75) is 108 Å². The molecule has 1 aliphatic heterocycles. The number of aliphatic hydroxyl groups excluding tert-OH is 3. The molecule has 1 heterocycles. The first kappa shape index (κ1) is 40.6. The fraction of sp³-hybridized carbons (Fsp3) is 0.500. The molecule has 1 saturated heterocycles. The number of esters is 2. The number of rotatable bonds is 15. The van der Waals surface area contributed by atoms with E-state index < -0.39 is 78.2 Å². The Kier molecular flexibility index (Phi) is 13.3. The summed E-state index contributed by atoms with van der Waals surface area (Å²) in [6.45, 7) is 5.95. The van der Waals surface area contributed by atoms with Gasteiger partial charge in [0.1, 0.15) is 36.6 Å². The lowest BCUT2D eigenvalue weighted by Crippen LogP contribution is -2.55. The number of aliphatic hydroxyl groups is 3. The number of carbonyl (C=O) groups is 4. The minimum Gasteiger partial charge on any atom is -0.499 e. The summed E-state index contributed by atoms with van der Waals surface area (Å²) in [7, 11) is 0. The Hall–Kier alpha value is -4.60. The number of hydrogen-bond acceptors (Lipinski definition) is 12. The number of amides is 2. The molecule has 3 aliphatic rings. The minimum absolute atomic E-state index is 0.0659. The molecule has 292 valence electrons. The Bertz CT molecular complexity index is 1710. The maximum atomic E-state index is 13.9. The lowest BCUT2D eigenvalue weighted by atomic mass is 9.91. The first-order valence-electron chi connectivity index (χ1n) is 18.1. The molecule has 0 bridgehead atoms. The first-order valence-corrected chi connectivity index (χ1v) is 18.1. The fourth-order valence-electron chi connectivity index (χ4n) is 6.76. The van der Waals surface area contributed by atoms with Crippen LogP contribution in [0.25, 0.3) is 6.08 Å². The van der Waals surface area contributed by atoms with Crippen molar-refractivity contribution >= 4 is 29.8 Å². The fourth-order valence-corrected chi connectivity index (χ4v) is 6.76. The summed E-state index contributed by atoms with van der Waals surface area (Å²) in [5, 5.41) is 34.7. The van der Waals surface area contributed by atoms with E-state index in [1.807, 2.05) is 24.3 Å². The standard InChI is InChI=1S/C40H50N2O12/c1-24(45)34(37(48)41-29(23-44)13-14-33(46)53-39(2,3)4)42-36(47)28-19-31(51-38(49)30-12-8-7-9-25(30)15-17-50-18-16-43)35-32(20-28)52-40(54-35)21-26-10-5-6-11-27(26)22-40/h5-12,15,17,20,24,29,31-32,34-35,43-45H,13-14,16,18-19,21-23H2,1-4H3,(H,41,48)(H,42,47). The Balaban J connectivity index is 1.33. The van der Waals surface area contributed by atoms with Gasteiger partial charge in [0.25, 0.3) is 0 Å². The summed E-state index contributed by atoms with van der Waals surface area (Å²) in [6.07, 6.45) is 1.49. The van der Waals surface area contributed by atoms with Crippen LogP contribution in [0.5, 0.6) is 0 Å². The van der Waals surface area contributed by atoms with E-state index >= 15 is 0 Å². The van der Waals surface area contributed by atoms with Crippen LogP contribution in [-0.2, 0) is 50.9 Å². The molecule has 5 N–H and O–H groups in total. The second-order valence-corrected chi connectivity index (χ2v) is 14.7. The van der Waals surface area contributed by atoms with Crippen molar-refractivity contribution in [1.29, 1.82) is 0 Å². The third kappa shape index (κ3) is 10.3. The SMILES string of the molecule is CC(O)C(NC(=O)C1=CC2OC3(Cc4ccccc4C3)OC2C(OC(=O)c2ccccc2C=COCCO)C1)C(=O)NC(CO)CCC(=O)OC(C)(C)C. The van der Waals surface area contributed by atoms with Crippen LogP contribution in [0, 0.1) is 0 Å². The summed E-state index contributed by atoms with van der Waals surface area (Å²) in [4.78, 5) is 53.2. The van der Waals surface area contributed by atoms with Crippen LogP contribution in [0.4, 0.5) is 0 Å². The van der Waals surface area contributed by atoms with Gasteiger partial charge < -0.3 is 49.6 Å². The van der Waals surface area contributed by atoms with Crippen molar-refractivity contribution < 1.29 is 58.2 Å². The van der Waals surface area contributed by atoms with E-state index in [-0.39, 0.29) is 43.6 Å². The van der Waals surface area contributed by atoms with Crippen molar-refractivity contribution in [3.05, 3.63) is 88.7 Å². The molecule has 2 amide bonds. The van der Waals surface area contributed by atoms with Crippen LogP contribution >= 0.6 is 0 Å². The summed E-state index contributed by atoms with van der Waals surface area (Å²) in [5.74, 6) is -3.69. The van der Waals surface area contributed by atoms with E-state index in [1.54, 1.807) is 57.2 Å². The monoisotopic (exact) mass is 750 g/mol. The van der Waals surface area contributed by atoms with Gasteiger partial charge in [-0.15, -0.1) is 0 Å². The second kappa shape index (κ2) is 17.7. The van der Waals surface area contributed by atoms with Crippen LogP contribution in [0.3, 0.4) is 0 Å². The Morgan fingerprint density at radius 1 is 1.00 bits per heavy atom. The summed E-state index contributed by atoms with van der Waals surface area (Å²) in [5.41, 5.74) is 2.32. The molecule has 1 fully saturated rings. The van der Waals surface area contributed by atoms with Gasteiger partial charge in [0.05, 0.1) is 37.2 Å². The summed E-state index contributed by atoms with van der Waals surface area (Å²) < 4.78 is 29.7. The molecule has 2 aliphatic carbocycles. The maximum Gasteiger partial charge on any atom is 0.339 e. The van der Waals surface area contributed by atoms with Crippen molar-refractivity contribution in [2.75, 3.05) is 19.8 Å². The number of ether oxygens (including phenoxy) is 5. The predicted molar refractivity (Wildman–Crippen MR) is 194 cm³/mol. The third-order valence-corrected chi connectivity index (χ3v) is 9.24. The average Bonchev–Trinajstić information content (AvgIpc) is 3.67. The number of fused-ring (bicyclic) bond motifs is 2. The Labute approximate surface area is 314 Å². The van der Waals surface area contributed by atoms with E-state index in [2.05, 4.69) is 10.6 Å². The maximum absolute atomic E-state index is 13.9. The molecule has 14 heteroatoms. The molecule has 0 radical (unpaired) electrons. The highest BCUT2D eigenvalue weighted by atomic mass is 16.8. The van der Waals surface area contributed by atoms with Crippen molar-refractivity contribution in [2.24, 2.45) is 0 Å². The highest BCUT2D eigenvalue weighted by Crippen LogP contribution is 2.45. The largest absolute Gasteiger partial charge is 0.499 e. The molecule has 54 heavy (non-hydrogen) atoms. The second-order valence-electron chi connectivity index (χ2n) is 14.7. The molecule has 14 nitrogen and oxygen atoms in total. The Morgan fingerprint density at radius 2 is 1.69 bits per heavy atom. The summed E-state index contributed by atoms with van der Waals surface area (Å²) in [6, 6.07) is 12.3. The minimum atomic E-state index is -1.43. The normalized spacial score (nSPS) is 21.7. The highest BCUT2D eigenvalue weighted by molar-refractivity contribution is 5.98. The van der Waals surface area contributed by atoms with E-state index in [0.29, 0.717) is 18.4 Å². The van der Waals surface area contributed by atoms with Gasteiger partial charge in [-0.1, -0.05) is 42.5 Å². The van der Waals surface area contributed by atoms with Gasteiger partial charge in [0, 0.05) is 31.3 Å². The van der Waals surface area contributed by atoms with Gasteiger partial charge >= 0.3 is 11.9 Å². The molecule has 2 aromatic rings. The summed E-state index contributed by atoms with van der Waals surface area (Å²) >= 11 is 0. The van der Waals surface area contributed by atoms with Crippen LogP contribution in [-0.4, -0.2) is 107 Å². The van der Waals surface area contributed by atoms with Gasteiger partial charge in [-0.2, -0.15) is 0 Å². The predicted octanol–water partition coefficient (Wildman–Crippen LogP) is 2.27. The van der Waals surface area contributed by atoms with Gasteiger partial charge in [0.2, 0.25) is 11.8 Å². The van der Waals surface area contributed by atoms with Crippen LogP contribution in [0.15, 0.2) is 66.4 Å². The van der Waals surface area contributed by atoms with Crippen molar-refractivity contribution in [3.63, 3.8) is 0 Å². The quantitative estimate of drug-likeness (QED) is 0.101. The molecular weight excluding hydrogens is 700 g/mol. The van der Waals surface area contributed by atoms with E-state index in [1.165, 1.54) is 13.2 Å². The van der Waals surface area contributed by atoms with Gasteiger partial charge in [-0.05, 0) is 69.0 Å². The topological polar surface area (TPSA) is 199 Å². The van der Waals surface area contributed by atoms with Gasteiger partial charge in [-0.3, -0.25) is 14.4 Å². The smallest absolute Gasteiger partial charge is 0.339 e. The Morgan fingerprint density at radius 3 is 2.33 bits per heavy atom.